The molecule has 0 unspecified atom stereocenters. The molecule has 4 rings (SSSR count). The summed E-state index contributed by atoms with van der Waals surface area (Å²) in [6, 6.07) is 10.4. The van der Waals surface area contributed by atoms with E-state index >= 15 is 0 Å². The van der Waals surface area contributed by atoms with Crippen molar-refractivity contribution in [3.8, 4) is 5.75 Å². The second kappa shape index (κ2) is 8.14. The lowest BCUT2D eigenvalue weighted by Gasteiger charge is -2.34. The number of anilines is 1. The van der Waals surface area contributed by atoms with Crippen LogP contribution in [0.2, 0.25) is 0 Å². The van der Waals surface area contributed by atoms with Crippen LogP contribution in [-0.2, 0) is 6.18 Å². The van der Waals surface area contributed by atoms with Gasteiger partial charge in [0, 0.05) is 31.7 Å². The fourth-order valence-electron chi connectivity index (χ4n) is 3.40. The number of hydrogen-bond donors (Lipinski definition) is 0. The highest BCUT2D eigenvalue weighted by Gasteiger charge is 2.32. The van der Waals surface area contributed by atoms with Gasteiger partial charge in [0.1, 0.15) is 5.75 Å². The normalized spacial score (nSPS) is 14.9. The Hall–Kier alpha value is -2.81. The SMILES string of the molecule is CCOc1ccc2nc(N3CCN(C(=O)c4cccc(C(F)(F)F)c4)CC3)sc2c1. The molecule has 1 amide bonds. The zero-order chi connectivity index (χ0) is 21.3. The lowest BCUT2D eigenvalue weighted by atomic mass is 10.1. The van der Waals surface area contributed by atoms with Gasteiger partial charge in [-0.2, -0.15) is 13.2 Å². The summed E-state index contributed by atoms with van der Waals surface area (Å²) in [4.78, 5) is 21.0. The second-order valence-corrected chi connectivity index (χ2v) is 7.93. The maximum Gasteiger partial charge on any atom is 0.416 e. The summed E-state index contributed by atoms with van der Waals surface area (Å²) in [7, 11) is 0. The number of thiazole rings is 1. The summed E-state index contributed by atoms with van der Waals surface area (Å²) < 4.78 is 45.3. The molecule has 0 bridgehead atoms. The fraction of sp³-hybridized carbons (Fsp3) is 0.333. The van der Waals surface area contributed by atoms with Gasteiger partial charge in [-0.1, -0.05) is 17.4 Å². The topological polar surface area (TPSA) is 45.7 Å². The van der Waals surface area contributed by atoms with Crippen molar-refractivity contribution in [2.45, 2.75) is 13.1 Å². The van der Waals surface area contributed by atoms with Gasteiger partial charge < -0.3 is 14.5 Å². The minimum Gasteiger partial charge on any atom is -0.494 e. The van der Waals surface area contributed by atoms with Crippen molar-refractivity contribution >= 4 is 32.6 Å². The molecule has 1 saturated heterocycles. The van der Waals surface area contributed by atoms with E-state index in [1.54, 1.807) is 16.2 Å². The summed E-state index contributed by atoms with van der Waals surface area (Å²) in [6.45, 7) is 4.53. The van der Waals surface area contributed by atoms with Crippen molar-refractivity contribution in [3.05, 3.63) is 53.6 Å². The quantitative estimate of drug-likeness (QED) is 0.597. The first-order valence-corrected chi connectivity index (χ1v) is 10.4. The molecule has 3 aromatic rings. The molecule has 0 N–H and O–H groups in total. The molecule has 0 aliphatic carbocycles. The van der Waals surface area contributed by atoms with Crippen LogP contribution in [0.1, 0.15) is 22.8 Å². The Morgan fingerprint density at radius 2 is 1.90 bits per heavy atom. The highest BCUT2D eigenvalue weighted by atomic mass is 32.1. The van der Waals surface area contributed by atoms with E-state index in [1.165, 1.54) is 12.1 Å². The third-order valence-electron chi connectivity index (χ3n) is 4.93. The molecule has 0 atom stereocenters. The maximum absolute atomic E-state index is 12.9. The number of alkyl halides is 3. The fourth-order valence-corrected chi connectivity index (χ4v) is 4.44. The van der Waals surface area contributed by atoms with Gasteiger partial charge in [-0.05, 0) is 43.3 Å². The molecule has 0 saturated carbocycles. The van der Waals surface area contributed by atoms with E-state index in [4.69, 9.17) is 4.74 Å². The molecule has 1 fully saturated rings. The van der Waals surface area contributed by atoms with Crippen LogP contribution in [0.15, 0.2) is 42.5 Å². The number of carbonyl (C=O) groups excluding carboxylic acids is 1. The molecule has 5 nitrogen and oxygen atoms in total. The third-order valence-corrected chi connectivity index (χ3v) is 6.01. The van der Waals surface area contributed by atoms with E-state index < -0.39 is 11.7 Å². The Balaban J connectivity index is 1.44. The summed E-state index contributed by atoms with van der Waals surface area (Å²) in [5.41, 5.74) is 0.135. The number of ether oxygens (including phenoxy) is 1. The Morgan fingerprint density at radius 1 is 1.13 bits per heavy atom. The predicted octanol–water partition coefficient (Wildman–Crippen LogP) is 4.68. The van der Waals surface area contributed by atoms with Gasteiger partial charge >= 0.3 is 6.18 Å². The number of aromatic nitrogens is 1. The van der Waals surface area contributed by atoms with Gasteiger partial charge in [0.2, 0.25) is 0 Å². The van der Waals surface area contributed by atoms with E-state index in [0.29, 0.717) is 32.8 Å². The number of piperazine rings is 1. The second-order valence-electron chi connectivity index (χ2n) is 6.92. The minimum absolute atomic E-state index is 0.0571. The summed E-state index contributed by atoms with van der Waals surface area (Å²) in [5, 5.41) is 0.866. The molecular weight excluding hydrogens is 415 g/mol. The van der Waals surface area contributed by atoms with Gasteiger partial charge in [-0.15, -0.1) is 0 Å². The average Bonchev–Trinajstić information content (AvgIpc) is 3.16. The number of nitrogens with zero attached hydrogens (tertiary/aromatic N) is 3. The number of carbonyl (C=O) groups is 1. The first kappa shape index (κ1) is 20.5. The average molecular weight is 435 g/mol. The molecule has 1 aromatic heterocycles. The zero-order valence-electron chi connectivity index (χ0n) is 16.3. The highest BCUT2D eigenvalue weighted by Crippen LogP contribution is 2.32. The summed E-state index contributed by atoms with van der Waals surface area (Å²) >= 11 is 1.56. The van der Waals surface area contributed by atoms with Crippen LogP contribution in [0.5, 0.6) is 5.75 Å². The van der Waals surface area contributed by atoms with Gasteiger partial charge in [0.25, 0.3) is 5.91 Å². The Labute approximate surface area is 175 Å². The van der Waals surface area contributed by atoms with Crippen molar-refractivity contribution < 1.29 is 22.7 Å². The first-order valence-electron chi connectivity index (χ1n) is 9.60. The summed E-state index contributed by atoms with van der Waals surface area (Å²) in [6.07, 6.45) is -4.47. The molecule has 0 radical (unpaired) electrons. The van der Waals surface area contributed by atoms with E-state index in [1.807, 2.05) is 25.1 Å². The number of rotatable bonds is 4. The van der Waals surface area contributed by atoms with Crippen LogP contribution in [-0.4, -0.2) is 48.6 Å². The van der Waals surface area contributed by atoms with Gasteiger partial charge in [-0.3, -0.25) is 4.79 Å². The Morgan fingerprint density at radius 3 is 2.60 bits per heavy atom. The Kier molecular flexibility index (Phi) is 5.55. The molecule has 9 heteroatoms. The molecular formula is C21H20F3N3O2S. The molecule has 1 aliphatic rings. The van der Waals surface area contributed by atoms with Crippen LogP contribution >= 0.6 is 11.3 Å². The lowest BCUT2D eigenvalue weighted by Crippen LogP contribution is -2.48. The highest BCUT2D eigenvalue weighted by molar-refractivity contribution is 7.22. The van der Waals surface area contributed by atoms with Gasteiger partial charge in [-0.25, -0.2) is 4.98 Å². The monoisotopic (exact) mass is 435 g/mol. The minimum atomic E-state index is -4.47. The third kappa shape index (κ3) is 4.21. The van der Waals surface area contributed by atoms with Crippen molar-refractivity contribution in [3.63, 3.8) is 0 Å². The standard InChI is InChI=1S/C21H20F3N3O2S/c1-2-29-16-6-7-17-18(13-16)30-20(25-17)27-10-8-26(9-11-27)19(28)14-4-3-5-15(12-14)21(22,23)24/h3-7,12-13H,2,8-11H2,1H3. The molecule has 1 aliphatic heterocycles. The largest absolute Gasteiger partial charge is 0.494 e. The lowest BCUT2D eigenvalue weighted by molar-refractivity contribution is -0.137. The number of benzene rings is 2. The predicted molar refractivity (Wildman–Crippen MR) is 110 cm³/mol. The van der Waals surface area contributed by atoms with Crippen molar-refractivity contribution in [1.82, 2.24) is 9.88 Å². The van der Waals surface area contributed by atoms with Crippen LogP contribution in [0.4, 0.5) is 18.3 Å². The molecule has 2 aromatic carbocycles. The number of fused-ring (bicyclic) bond motifs is 1. The number of amides is 1. The van der Waals surface area contributed by atoms with Crippen LogP contribution in [0, 0.1) is 0 Å². The number of halogens is 3. The van der Waals surface area contributed by atoms with Gasteiger partial charge in [0.15, 0.2) is 5.13 Å². The van der Waals surface area contributed by atoms with E-state index in [2.05, 4.69) is 9.88 Å². The van der Waals surface area contributed by atoms with E-state index in [0.717, 1.165) is 33.2 Å². The van der Waals surface area contributed by atoms with Crippen LogP contribution in [0.3, 0.4) is 0 Å². The molecule has 2 heterocycles. The Bertz CT molecular complexity index is 1060. The number of hydrogen-bond acceptors (Lipinski definition) is 5. The van der Waals surface area contributed by atoms with E-state index in [-0.39, 0.29) is 11.5 Å². The van der Waals surface area contributed by atoms with Crippen molar-refractivity contribution in [2.75, 3.05) is 37.7 Å². The van der Waals surface area contributed by atoms with Crippen molar-refractivity contribution in [1.29, 1.82) is 0 Å². The maximum atomic E-state index is 12.9. The zero-order valence-corrected chi connectivity index (χ0v) is 17.1. The molecule has 0 spiro atoms. The summed E-state index contributed by atoms with van der Waals surface area (Å²) in [5.74, 6) is 0.420. The van der Waals surface area contributed by atoms with Gasteiger partial charge in [0.05, 0.1) is 22.4 Å². The van der Waals surface area contributed by atoms with Crippen molar-refractivity contribution in [2.24, 2.45) is 0 Å². The van der Waals surface area contributed by atoms with Crippen LogP contribution < -0.4 is 9.64 Å². The molecule has 30 heavy (non-hydrogen) atoms. The first-order chi connectivity index (χ1) is 14.3. The molecule has 158 valence electrons. The van der Waals surface area contributed by atoms with Crippen LogP contribution in [0.25, 0.3) is 10.2 Å². The smallest absolute Gasteiger partial charge is 0.416 e. The van der Waals surface area contributed by atoms with E-state index in [9.17, 15) is 18.0 Å².